The van der Waals surface area contributed by atoms with Crippen LogP contribution in [0.25, 0.3) is 64.3 Å². The second-order valence-corrected chi connectivity index (χ2v) is 11.8. The molecule has 9 rings (SSSR count). The third-order valence-electron chi connectivity index (χ3n) is 8.26. The third kappa shape index (κ3) is 3.84. The van der Waals surface area contributed by atoms with Crippen molar-refractivity contribution in [2.45, 2.75) is 0 Å². The standard InChI is InChI=1S/C39H24N2OS/c1-2-12-26(13-3-1)41(28-21-22-32-31-17-8-9-20-35(31)42-36(32)24-28)27-14-10-11-25(23-27)39-40-37-33-18-6-4-15-29(33)30-16-5-7-19-34(30)38(37)43-39/h1-24H. The summed E-state index contributed by atoms with van der Waals surface area (Å²) in [7, 11) is 0. The molecule has 2 aromatic heterocycles. The summed E-state index contributed by atoms with van der Waals surface area (Å²) in [5, 5.41) is 8.22. The van der Waals surface area contributed by atoms with E-state index in [0.717, 1.165) is 55.1 Å². The van der Waals surface area contributed by atoms with Crippen LogP contribution in [0, 0.1) is 0 Å². The number of hydrogen-bond acceptors (Lipinski definition) is 4. The van der Waals surface area contributed by atoms with E-state index in [4.69, 9.17) is 9.40 Å². The van der Waals surface area contributed by atoms with Crippen LogP contribution in [0.2, 0.25) is 0 Å². The fourth-order valence-corrected chi connectivity index (χ4v) is 7.42. The monoisotopic (exact) mass is 568 g/mol. The Morgan fingerprint density at radius 2 is 1.09 bits per heavy atom. The first-order valence-electron chi connectivity index (χ1n) is 14.4. The molecule has 0 radical (unpaired) electrons. The molecule has 0 aliphatic heterocycles. The summed E-state index contributed by atoms with van der Waals surface area (Å²) in [6, 6.07) is 51.2. The summed E-state index contributed by atoms with van der Waals surface area (Å²) < 4.78 is 7.50. The van der Waals surface area contributed by atoms with Crippen LogP contribution in [0.3, 0.4) is 0 Å². The van der Waals surface area contributed by atoms with Gasteiger partial charge in [-0.2, -0.15) is 0 Å². The van der Waals surface area contributed by atoms with Gasteiger partial charge in [-0.1, -0.05) is 97.1 Å². The molecule has 9 aromatic rings. The molecule has 0 amide bonds. The molecule has 0 atom stereocenters. The lowest BCUT2D eigenvalue weighted by atomic mass is 10.0. The van der Waals surface area contributed by atoms with Gasteiger partial charge in [-0.15, -0.1) is 11.3 Å². The number of fused-ring (bicyclic) bond motifs is 9. The van der Waals surface area contributed by atoms with Crippen molar-refractivity contribution in [3.8, 4) is 10.6 Å². The van der Waals surface area contributed by atoms with Gasteiger partial charge in [0.05, 0.1) is 10.2 Å². The Bertz CT molecular complexity index is 2400. The van der Waals surface area contributed by atoms with E-state index in [9.17, 15) is 0 Å². The Balaban J connectivity index is 1.23. The summed E-state index contributed by atoms with van der Waals surface area (Å²) in [5.74, 6) is 0. The minimum absolute atomic E-state index is 0.876. The van der Waals surface area contributed by atoms with Gasteiger partial charge in [0.2, 0.25) is 0 Å². The van der Waals surface area contributed by atoms with Crippen molar-refractivity contribution in [3.63, 3.8) is 0 Å². The Labute approximate surface area is 251 Å². The highest BCUT2D eigenvalue weighted by Gasteiger charge is 2.18. The normalized spacial score (nSPS) is 11.7. The van der Waals surface area contributed by atoms with Gasteiger partial charge in [0.15, 0.2) is 0 Å². The molecule has 0 aliphatic rings. The molecule has 0 bridgehead atoms. The quantitative estimate of drug-likeness (QED) is 0.198. The Kier molecular flexibility index (Phi) is 5.37. The molecule has 0 saturated heterocycles. The highest BCUT2D eigenvalue weighted by molar-refractivity contribution is 7.22. The first kappa shape index (κ1) is 24.2. The molecule has 0 spiro atoms. The zero-order chi connectivity index (χ0) is 28.3. The van der Waals surface area contributed by atoms with E-state index < -0.39 is 0 Å². The number of benzene rings is 7. The van der Waals surface area contributed by atoms with Crippen molar-refractivity contribution >= 4 is 82.1 Å². The number of para-hydroxylation sites is 2. The van der Waals surface area contributed by atoms with Gasteiger partial charge in [0.1, 0.15) is 16.2 Å². The fourth-order valence-electron chi connectivity index (χ4n) is 6.31. The van der Waals surface area contributed by atoms with Crippen LogP contribution in [-0.2, 0) is 0 Å². The maximum atomic E-state index is 6.28. The van der Waals surface area contributed by atoms with Crippen LogP contribution >= 0.6 is 11.3 Å². The highest BCUT2D eigenvalue weighted by atomic mass is 32.1. The molecule has 0 fully saturated rings. The Morgan fingerprint density at radius 1 is 0.465 bits per heavy atom. The fraction of sp³-hybridized carbons (Fsp3) is 0. The maximum Gasteiger partial charge on any atom is 0.137 e. The van der Waals surface area contributed by atoms with Gasteiger partial charge in [0.25, 0.3) is 0 Å². The van der Waals surface area contributed by atoms with Gasteiger partial charge in [-0.25, -0.2) is 4.98 Å². The van der Waals surface area contributed by atoms with E-state index in [0.29, 0.717) is 0 Å². The maximum absolute atomic E-state index is 6.28. The lowest BCUT2D eigenvalue weighted by Gasteiger charge is -2.25. The Morgan fingerprint density at radius 3 is 1.93 bits per heavy atom. The first-order valence-corrected chi connectivity index (χ1v) is 15.2. The molecule has 0 unspecified atom stereocenters. The summed E-state index contributed by atoms with van der Waals surface area (Å²) in [5.41, 5.74) is 7.12. The van der Waals surface area contributed by atoms with Crippen molar-refractivity contribution in [2.75, 3.05) is 4.90 Å². The van der Waals surface area contributed by atoms with E-state index in [-0.39, 0.29) is 0 Å². The van der Waals surface area contributed by atoms with Crippen molar-refractivity contribution in [1.82, 2.24) is 4.98 Å². The summed E-state index contributed by atoms with van der Waals surface area (Å²) in [6.45, 7) is 0. The van der Waals surface area contributed by atoms with Gasteiger partial charge in [0, 0.05) is 50.2 Å². The number of hydrogen-bond donors (Lipinski definition) is 0. The zero-order valence-electron chi connectivity index (χ0n) is 23.1. The predicted octanol–water partition coefficient (Wildman–Crippen LogP) is 11.6. The van der Waals surface area contributed by atoms with E-state index in [1.54, 1.807) is 11.3 Å². The molecule has 7 aromatic carbocycles. The third-order valence-corrected chi connectivity index (χ3v) is 9.40. The number of nitrogens with zero attached hydrogens (tertiary/aromatic N) is 2. The van der Waals surface area contributed by atoms with Crippen molar-refractivity contribution in [1.29, 1.82) is 0 Å². The summed E-state index contributed by atoms with van der Waals surface area (Å²) in [6.07, 6.45) is 0. The van der Waals surface area contributed by atoms with Crippen molar-refractivity contribution in [3.05, 3.63) is 146 Å². The van der Waals surface area contributed by atoms with Crippen molar-refractivity contribution < 1.29 is 4.42 Å². The predicted molar refractivity (Wildman–Crippen MR) is 182 cm³/mol. The summed E-state index contributed by atoms with van der Waals surface area (Å²) in [4.78, 5) is 7.54. The molecule has 0 saturated carbocycles. The van der Waals surface area contributed by atoms with Crippen LogP contribution in [0.4, 0.5) is 17.1 Å². The number of thiazole rings is 1. The SMILES string of the molecule is c1ccc(N(c2cccc(-c3nc4c5ccccc5c5ccccc5c4s3)c2)c2ccc3c(c2)oc2ccccc23)cc1. The largest absolute Gasteiger partial charge is 0.456 e. The molecule has 3 nitrogen and oxygen atoms in total. The van der Waals surface area contributed by atoms with Gasteiger partial charge in [-0.3, -0.25) is 0 Å². The molecule has 202 valence electrons. The smallest absolute Gasteiger partial charge is 0.137 e. The first-order chi connectivity index (χ1) is 21.3. The minimum atomic E-state index is 0.876. The number of anilines is 3. The van der Waals surface area contributed by atoms with Crippen LogP contribution in [0.1, 0.15) is 0 Å². The van der Waals surface area contributed by atoms with E-state index in [1.807, 2.05) is 12.1 Å². The van der Waals surface area contributed by atoms with Gasteiger partial charge in [-0.05, 0) is 53.2 Å². The topological polar surface area (TPSA) is 29.3 Å². The van der Waals surface area contributed by atoms with Gasteiger partial charge < -0.3 is 9.32 Å². The second kappa shape index (κ2) is 9.55. The van der Waals surface area contributed by atoms with E-state index in [1.165, 1.54) is 26.2 Å². The molecule has 4 heteroatoms. The second-order valence-electron chi connectivity index (χ2n) is 10.8. The lowest BCUT2D eigenvalue weighted by Crippen LogP contribution is -2.09. The molecule has 43 heavy (non-hydrogen) atoms. The van der Waals surface area contributed by atoms with Gasteiger partial charge >= 0.3 is 0 Å². The molecule has 0 aliphatic carbocycles. The van der Waals surface area contributed by atoms with Crippen molar-refractivity contribution in [2.24, 2.45) is 0 Å². The average Bonchev–Trinajstić information content (AvgIpc) is 3.68. The van der Waals surface area contributed by atoms with Crippen LogP contribution in [-0.4, -0.2) is 4.98 Å². The van der Waals surface area contributed by atoms with E-state index >= 15 is 0 Å². The molecular formula is C39H24N2OS. The highest BCUT2D eigenvalue weighted by Crippen LogP contribution is 2.43. The molecule has 2 heterocycles. The van der Waals surface area contributed by atoms with Crippen LogP contribution in [0.15, 0.2) is 150 Å². The molecule has 0 N–H and O–H groups in total. The zero-order valence-corrected chi connectivity index (χ0v) is 23.9. The van der Waals surface area contributed by atoms with Crippen LogP contribution in [0.5, 0.6) is 0 Å². The number of furan rings is 1. The number of rotatable bonds is 4. The average molecular weight is 569 g/mol. The lowest BCUT2D eigenvalue weighted by molar-refractivity contribution is 0.669. The molecular weight excluding hydrogens is 545 g/mol. The van der Waals surface area contributed by atoms with Crippen LogP contribution < -0.4 is 4.90 Å². The Hall–Kier alpha value is -5.45. The minimum Gasteiger partial charge on any atom is -0.456 e. The van der Waals surface area contributed by atoms with E-state index in [2.05, 4.69) is 138 Å². The summed E-state index contributed by atoms with van der Waals surface area (Å²) >= 11 is 1.77. The number of aromatic nitrogens is 1.